The summed E-state index contributed by atoms with van der Waals surface area (Å²) in [4.78, 5) is 11.2. The fraction of sp³-hybridized carbons (Fsp3) is 0.278. The Balaban J connectivity index is 2.02. The normalized spacial score (nSPS) is 19.5. The summed E-state index contributed by atoms with van der Waals surface area (Å²) in [6, 6.07) is 11.9. The number of carbonyl (C=O) groups excluding carboxylic acids is 1. The molecule has 0 saturated carbocycles. The Hall–Kier alpha value is -2.27. The van der Waals surface area contributed by atoms with Crippen LogP contribution >= 0.6 is 0 Å². The van der Waals surface area contributed by atoms with E-state index in [0.717, 1.165) is 11.1 Å². The molecule has 1 fully saturated rings. The van der Waals surface area contributed by atoms with Gasteiger partial charge in [0.15, 0.2) is 0 Å². The average molecular weight is 318 g/mol. The Morgan fingerprint density at radius 1 is 1.04 bits per heavy atom. The zero-order chi connectivity index (χ0) is 16.4. The number of esters is 1. The molecule has 1 aliphatic heterocycles. The molecule has 0 bridgehead atoms. The molecule has 2 aromatic carbocycles. The minimum atomic E-state index is -0.887. The summed E-state index contributed by atoms with van der Waals surface area (Å²) in [5.74, 6) is -1.08. The van der Waals surface area contributed by atoms with Crippen LogP contribution in [-0.2, 0) is 19.9 Å². The Morgan fingerprint density at radius 2 is 1.52 bits per heavy atom. The third-order valence-corrected chi connectivity index (χ3v) is 3.98. The van der Waals surface area contributed by atoms with Crippen molar-refractivity contribution in [1.82, 2.24) is 0 Å². The number of halogens is 2. The number of ether oxygens (including phenoxy) is 2. The van der Waals surface area contributed by atoms with Gasteiger partial charge in [-0.1, -0.05) is 24.3 Å². The van der Waals surface area contributed by atoms with Gasteiger partial charge in [0.2, 0.25) is 0 Å². The first kappa shape index (κ1) is 15.6. The predicted octanol–water partition coefficient (Wildman–Crippen LogP) is 3.56. The van der Waals surface area contributed by atoms with E-state index < -0.39 is 11.7 Å². The molecule has 0 amide bonds. The molecule has 0 aromatic heterocycles. The second-order valence-electron chi connectivity index (χ2n) is 5.59. The minimum Gasteiger partial charge on any atom is -0.460 e. The quantitative estimate of drug-likeness (QED) is 0.812. The monoisotopic (exact) mass is 318 g/mol. The van der Waals surface area contributed by atoms with Gasteiger partial charge in [-0.05, 0) is 35.4 Å². The van der Waals surface area contributed by atoms with Gasteiger partial charge < -0.3 is 9.47 Å². The summed E-state index contributed by atoms with van der Waals surface area (Å²) in [5, 5.41) is 0. The molecule has 1 heterocycles. The molecule has 1 unspecified atom stereocenters. The molecule has 1 saturated heterocycles. The smallest absolute Gasteiger partial charge is 0.302 e. The lowest BCUT2D eigenvalue weighted by Gasteiger charge is -2.29. The molecule has 0 radical (unpaired) electrons. The van der Waals surface area contributed by atoms with Crippen LogP contribution in [0, 0.1) is 11.6 Å². The van der Waals surface area contributed by atoms with Crippen LogP contribution < -0.4 is 0 Å². The van der Waals surface area contributed by atoms with Gasteiger partial charge in [-0.15, -0.1) is 0 Å². The van der Waals surface area contributed by atoms with Crippen LogP contribution in [0.5, 0.6) is 0 Å². The lowest BCUT2D eigenvalue weighted by Crippen LogP contribution is -2.27. The molecule has 120 valence electrons. The van der Waals surface area contributed by atoms with E-state index >= 15 is 0 Å². The summed E-state index contributed by atoms with van der Waals surface area (Å²) in [7, 11) is 0. The molecule has 3 rings (SSSR count). The lowest BCUT2D eigenvalue weighted by molar-refractivity contribution is -0.146. The van der Waals surface area contributed by atoms with Crippen molar-refractivity contribution < 1.29 is 23.0 Å². The number of hydrogen-bond donors (Lipinski definition) is 0. The van der Waals surface area contributed by atoms with Crippen molar-refractivity contribution in [3.63, 3.8) is 0 Å². The summed E-state index contributed by atoms with van der Waals surface area (Å²) in [5.41, 5.74) is 0.585. The summed E-state index contributed by atoms with van der Waals surface area (Å²) in [6.07, 6.45) is -0.00766. The molecule has 23 heavy (non-hydrogen) atoms. The van der Waals surface area contributed by atoms with Crippen LogP contribution in [0.3, 0.4) is 0 Å². The second-order valence-corrected chi connectivity index (χ2v) is 5.59. The third-order valence-electron chi connectivity index (χ3n) is 3.98. The van der Waals surface area contributed by atoms with Crippen molar-refractivity contribution in [2.24, 2.45) is 0 Å². The van der Waals surface area contributed by atoms with Crippen molar-refractivity contribution in [1.29, 1.82) is 0 Å². The fourth-order valence-electron chi connectivity index (χ4n) is 2.99. The molecule has 0 spiro atoms. The van der Waals surface area contributed by atoms with E-state index in [1.54, 1.807) is 24.3 Å². The molecular weight excluding hydrogens is 302 g/mol. The highest BCUT2D eigenvalue weighted by molar-refractivity contribution is 5.66. The predicted molar refractivity (Wildman–Crippen MR) is 79.7 cm³/mol. The van der Waals surface area contributed by atoms with E-state index in [1.165, 1.54) is 31.2 Å². The Labute approximate surface area is 132 Å². The topological polar surface area (TPSA) is 35.5 Å². The number of carbonyl (C=O) groups is 1. The molecule has 2 aromatic rings. The van der Waals surface area contributed by atoms with Crippen LogP contribution in [-0.4, -0.2) is 18.7 Å². The number of benzene rings is 2. The van der Waals surface area contributed by atoms with Crippen molar-refractivity contribution in [2.75, 3.05) is 6.61 Å². The van der Waals surface area contributed by atoms with E-state index in [2.05, 4.69) is 0 Å². The first-order valence-electron chi connectivity index (χ1n) is 7.33. The van der Waals surface area contributed by atoms with Crippen molar-refractivity contribution >= 4 is 5.97 Å². The highest BCUT2D eigenvalue weighted by Crippen LogP contribution is 2.43. The van der Waals surface area contributed by atoms with E-state index in [0.29, 0.717) is 6.42 Å². The van der Waals surface area contributed by atoms with Crippen LogP contribution in [0.4, 0.5) is 8.78 Å². The maximum atomic E-state index is 13.2. The van der Waals surface area contributed by atoms with Crippen LogP contribution in [0.25, 0.3) is 0 Å². The first-order valence-corrected chi connectivity index (χ1v) is 7.33. The van der Waals surface area contributed by atoms with E-state index in [1.807, 2.05) is 0 Å². The third kappa shape index (κ3) is 3.10. The van der Waals surface area contributed by atoms with Crippen LogP contribution in [0.1, 0.15) is 24.5 Å². The standard InChI is InChI=1S/C18H16F2O3/c1-12(21)23-17-10-18(22-11-17,13-2-6-15(19)7-3-13)14-4-8-16(20)9-5-14/h2-9,17H,10-11H2,1H3. The molecule has 5 heteroatoms. The fourth-order valence-corrected chi connectivity index (χ4v) is 2.99. The summed E-state index contributed by atoms with van der Waals surface area (Å²) in [6.45, 7) is 1.57. The SMILES string of the molecule is CC(=O)OC1COC(c2ccc(F)cc2)(c2ccc(F)cc2)C1. The Bertz CT molecular complexity index is 650. The zero-order valence-corrected chi connectivity index (χ0v) is 12.6. The molecule has 3 nitrogen and oxygen atoms in total. The second kappa shape index (κ2) is 6.08. The van der Waals surface area contributed by atoms with Gasteiger partial charge in [-0.3, -0.25) is 4.79 Å². The molecule has 0 N–H and O–H groups in total. The Morgan fingerprint density at radius 3 is 1.96 bits per heavy atom. The van der Waals surface area contributed by atoms with Gasteiger partial charge in [0.05, 0.1) is 6.61 Å². The number of hydrogen-bond acceptors (Lipinski definition) is 3. The zero-order valence-electron chi connectivity index (χ0n) is 12.6. The van der Waals surface area contributed by atoms with Crippen LogP contribution in [0.15, 0.2) is 48.5 Å². The van der Waals surface area contributed by atoms with Gasteiger partial charge in [-0.2, -0.15) is 0 Å². The highest BCUT2D eigenvalue weighted by Gasteiger charge is 2.44. The summed E-state index contributed by atoms with van der Waals surface area (Å²) < 4.78 is 37.7. The maximum absolute atomic E-state index is 13.2. The van der Waals surface area contributed by atoms with Crippen molar-refractivity contribution in [2.45, 2.75) is 25.0 Å². The Kier molecular flexibility index (Phi) is 4.13. The highest BCUT2D eigenvalue weighted by atomic mass is 19.1. The summed E-state index contributed by atoms with van der Waals surface area (Å²) >= 11 is 0. The van der Waals surface area contributed by atoms with Crippen molar-refractivity contribution in [3.05, 3.63) is 71.3 Å². The first-order chi connectivity index (χ1) is 11.0. The average Bonchev–Trinajstić information content (AvgIpc) is 2.93. The molecule has 1 aliphatic rings. The van der Waals surface area contributed by atoms with Crippen LogP contribution in [0.2, 0.25) is 0 Å². The maximum Gasteiger partial charge on any atom is 0.302 e. The van der Waals surface area contributed by atoms with Gasteiger partial charge in [-0.25, -0.2) is 8.78 Å². The van der Waals surface area contributed by atoms with Gasteiger partial charge in [0.25, 0.3) is 0 Å². The number of rotatable bonds is 3. The van der Waals surface area contributed by atoms with Gasteiger partial charge in [0.1, 0.15) is 23.3 Å². The lowest BCUT2D eigenvalue weighted by atomic mass is 9.83. The molecule has 0 aliphatic carbocycles. The molecule has 1 atom stereocenters. The van der Waals surface area contributed by atoms with Gasteiger partial charge >= 0.3 is 5.97 Å². The van der Waals surface area contributed by atoms with E-state index in [4.69, 9.17) is 9.47 Å². The van der Waals surface area contributed by atoms with Gasteiger partial charge in [0, 0.05) is 13.3 Å². The minimum absolute atomic E-state index is 0.230. The molecular formula is C18H16F2O3. The largest absolute Gasteiger partial charge is 0.460 e. The van der Waals surface area contributed by atoms with E-state index in [9.17, 15) is 13.6 Å². The van der Waals surface area contributed by atoms with Crippen molar-refractivity contribution in [3.8, 4) is 0 Å². The van der Waals surface area contributed by atoms with E-state index in [-0.39, 0.29) is 24.2 Å².